The van der Waals surface area contributed by atoms with Crippen LogP contribution in [0.3, 0.4) is 0 Å². The molecule has 2 aromatic carbocycles. The maximum atomic E-state index is 12.8. The van der Waals surface area contributed by atoms with Crippen LogP contribution in [0.4, 0.5) is 10.1 Å². The van der Waals surface area contributed by atoms with Gasteiger partial charge in [0.25, 0.3) is 0 Å². The highest BCUT2D eigenvalue weighted by molar-refractivity contribution is 14.1. The van der Waals surface area contributed by atoms with Gasteiger partial charge in [0, 0.05) is 27.7 Å². The van der Waals surface area contributed by atoms with Crippen LogP contribution in [0.15, 0.2) is 53.6 Å². The first kappa shape index (κ1) is 18.1. The molecule has 0 aliphatic carbocycles. The van der Waals surface area contributed by atoms with Gasteiger partial charge in [-0.3, -0.25) is 9.59 Å². The number of nitrogens with zero attached hydrogens (tertiary/aromatic N) is 1. The third-order valence-corrected chi connectivity index (χ3v) is 3.99. The largest absolute Gasteiger partial charge is 0.326 e. The normalized spacial score (nSPS) is 10.6. The molecule has 7 heteroatoms. The summed E-state index contributed by atoms with van der Waals surface area (Å²) in [5.74, 6) is -1.05. The summed E-state index contributed by atoms with van der Waals surface area (Å²) >= 11 is 2.17. The van der Waals surface area contributed by atoms with Gasteiger partial charge in [-0.1, -0.05) is 18.2 Å². The average Bonchev–Trinajstić information content (AvgIpc) is 2.57. The van der Waals surface area contributed by atoms with E-state index in [9.17, 15) is 14.0 Å². The minimum Gasteiger partial charge on any atom is -0.326 e. The van der Waals surface area contributed by atoms with Gasteiger partial charge in [-0.2, -0.15) is 5.10 Å². The zero-order valence-electron chi connectivity index (χ0n) is 12.6. The van der Waals surface area contributed by atoms with Crippen LogP contribution in [0.25, 0.3) is 0 Å². The van der Waals surface area contributed by atoms with Gasteiger partial charge in [0.15, 0.2) is 0 Å². The molecule has 24 heavy (non-hydrogen) atoms. The van der Waals surface area contributed by atoms with Crippen LogP contribution in [0.1, 0.15) is 18.4 Å². The number of carbonyl (C=O) groups is 2. The predicted molar refractivity (Wildman–Crippen MR) is 99.2 cm³/mol. The fourth-order valence-electron chi connectivity index (χ4n) is 1.79. The maximum absolute atomic E-state index is 12.8. The van der Waals surface area contributed by atoms with Gasteiger partial charge in [-0.25, -0.2) is 9.82 Å². The summed E-state index contributed by atoms with van der Waals surface area (Å²) in [5.41, 5.74) is 3.76. The Morgan fingerprint density at radius 1 is 1.04 bits per heavy atom. The molecule has 0 atom stereocenters. The van der Waals surface area contributed by atoms with Gasteiger partial charge in [-0.15, -0.1) is 0 Å². The van der Waals surface area contributed by atoms with E-state index in [1.54, 1.807) is 6.21 Å². The third kappa shape index (κ3) is 6.07. The molecule has 0 fully saturated rings. The van der Waals surface area contributed by atoms with E-state index in [2.05, 4.69) is 38.4 Å². The molecule has 5 nitrogen and oxygen atoms in total. The quantitative estimate of drug-likeness (QED) is 0.412. The molecular formula is C17H15FIN3O2. The topological polar surface area (TPSA) is 70.6 Å². The van der Waals surface area contributed by atoms with E-state index in [4.69, 9.17) is 0 Å². The number of anilines is 1. The van der Waals surface area contributed by atoms with Crippen LogP contribution in [-0.4, -0.2) is 18.0 Å². The molecule has 2 rings (SSSR count). The number of halogens is 2. The van der Waals surface area contributed by atoms with E-state index in [-0.39, 0.29) is 30.5 Å². The number of hydrogen-bond acceptors (Lipinski definition) is 3. The Kier molecular flexibility index (Phi) is 6.86. The Labute approximate surface area is 152 Å². The van der Waals surface area contributed by atoms with Crippen molar-refractivity contribution < 1.29 is 14.0 Å². The van der Waals surface area contributed by atoms with Crippen molar-refractivity contribution in [1.82, 2.24) is 5.43 Å². The number of hydrazone groups is 1. The first-order valence-corrected chi connectivity index (χ1v) is 8.24. The molecule has 0 spiro atoms. The number of nitrogens with one attached hydrogen (secondary N) is 2. The highest BCUT2D eigenvalue weighted by Crippen LogP contribution is 2.09. The van der Waals surface area contributed by atoms with Crippen molar-refractivity contribution in [2.45, 2.75) is 12.8 Å². The summed E-state index contributed by atoms with van der Waals surface area (Å²) in [6, 6.07) is 13.0. The fourth-order valence-corrected chi connectivity index (χ4v) is 2.32. The van der Waals surface area contributed by atoms with Crippen molar-refractivity contribution in [1.29, 1.82) is 0 Å². The van der Waals surface area contributed by atoms with Crippen LogP contribution in [0, 0.1) is 9.39 Å². The summed E-state index contributed by atoms with van der Waals surface area (Å²) in [6.45, 7) is 0. The minimum atomic E-state index is -0.377. The fraction of sp³-hybridized carbons (Fsp3) is 0.118. The van der Waals surface area contributed by atoms with Crippen LogP contribution in [0.2, 0.25) is 0 Å². The molecular weight excluding hydrogens is 424 g/mol. The highest BCUT2D eigenvalue weighted by atomic mass is 127. The molecule has 2 N–H and O–H groups in total. The second kappa shape index (κ2) is 9.11. The summed E-state index contributed by atoms with van der Waals surface area (Å²) in [5, 5.41) is 6.46. The summed E-state index contributed by atoms with van der Waals surface area (Å²) < 4.78 is 13.8. The number of rotatable bonds is 6. The molecule has 2 amide bonds. The molecule has 2 aromatic rings. The Balaban J connectivity index is 1.73. The smallest absolute Gasteiger partial charge is 0.240 e. The lowest BCUT2D eigenvalue weighted by molar-refractivity contribution is -0.124. The zero-order valence-corrected chi connectivity index (χ0v) is 14.8. The lowest BCUT2D eigenvalue weighted by atomic mass is 10.2. The number of carbonyl (C=O) groups excluding carboxylic acids is 2. The SMILES string of the molecule is O=C(CCC(=O)Nc1ccc(F)cc1)NN=Cc1ccccc1I. The Bertz CT molecular complexity index is 748. The van der Waals surface area contributed by atoms with Gasteiger partial charge in [0.2, 0.25) is 11.8 Å². The predicted octanol–water partition coefficient (Wildman–Crippen LogP) is 3.30. The molecule has 0 unspecified atom stereocenters. The van der Waals surface area contributed by atoms with E-state index in [1.165, 1.54) is 24.3 Å². The second-order valence-electron chi connectivity index (χ2n) is 4.87. The number of hydrogen-bond donors (Lipinski definition) is 2. The van der Waals surface area contributed by atoms with E-state index < -0.39 is 0 Å². The lowest BCUT2D eigenvalue weighted by Crippen LogP contribution is -2.20. The van der Waals surface area contributed by atoms with Gasteiger partial charge >= 0.3 is 0 Å². The van der Waals surface area contributed by atoms with E-state index in [0.29, 0.717) is 5.69 Å². The molecule has 0 aliphatic rings. The third-order valence-electron chi connectivity index (χ3n) is 3.01. The maximum Gasteiger partial charge on any atom is 0.240 e. The number of amides is 2. The number of benzene rings is 2. The van der Waals surface area contributed by atoms with E-state index in [1.807, 2.05) is 24.3 Å². The molecule has 0 saturated heterocycles. The van der Waals surface area contributed by atoms with Crippen molar-refractivity contribution in [3.8, 4) is 0 Å². The van der Waals surface area contributed by atoms with Crippen molar-refractivity contribution >= 4 is 46.3 Å². The van der Waals surface area contributed by atoms with Crippen LogP contribution in [0.5, 0.6) is 0 Å². The van der Waals surface area contributed by atoms with Crippen molar-refractivity contribution in [2.75, 3.05) is 5.32 Å². The van der Waals surface area contributed by atoms with E-state index >= 15 is 0 Å². The first-order chi connectivity index (χ1) is 11.5. The summed E-state index contributed by atoms with van der Waals surface area (Å²) in [6.07, 6.45) is 1.58. The first-order valence-electron chi connectivity index (χ1n) is 7.16. The lowest BCUT2D eigenvalue weighted by Gasteiger charge is -2.04. The molecule has 0 saturated carbocycles. The monoisotopic (exact) mass is 439 g/mol. The molecule has 0 aliphatic heterocycles. The van der Waals surface area contributed by atoms with Crippen molar-refractivity contribution in [3.63, 3.8) is 0 Å². The van der Waals surface area contributed by atoms with Gasteiger partial charge in [-0.05, 0) is 52.9 Å². The second-order valence-corrected chi connectivity index (χ2v) is 6.03. The van der Waals surface area contributed by atoms with Gasteiger partial charge < -0.3 is 5.32 Å². The van der Waals surface area contributed by atoms with Crippen molar-refractivity contribution in [2.24, 2.45) is 5.10 Å². The van der Waals surface area contributed by atoms with Crippen LogP contribution < -0.4 is 10.7 Å². The van der Waals surface area contributed by atoms with Crippen LogP contribution >= 0.6 is 22.6 Å². The minimum absolute atomic E-state index is 0.0102. The Morgan fingerprint density at radius 2 is 1.71 bits per heavy atom. The Morgan fingerprint density at radius 3 is 2.42 bits per heavy atom. The molecule has 0 radical (unpaired) electrons. The summed E-state index contributed by atoms with van der Waals surface area (Å²) in [4.78, 5) is 23.4. The molecule has 0 heterocycles. The van der Waals surface area contributed by atoms with Gasteiger partial charge in [0.05, 0.1) is 6.21 Å². The molecule has 0 aromatic heterocycles. The van der Waals surface area contributed by atoms with E-state index in [0.717, 1.165) is 9.13 Å². The molecule has 124 valence electrons. The Hall–Kier alpha value is -2.29. The molecule has 0 bridgehead atoms. The summed E-state index contributed by atoms with van der Waals surface area (Å²) in [7, 11) is 0. The average molecular weight is 439 g/mol. The highest BCUT2D eigenvalue weighted by Gasteiger charge is 2.07. The zero-order chi connectivity index (χ0) is 17.4. The van der Waals surface area contributed by atoms with Crippen LogP contribution in [-0.2, 0) is 9.59 Å². The standard InChI is InChI=1S/C17H15FIN3O2/c18-13-5-7-14(8-6-13)21-16(23)9-10-17(24)22-20-11-12-3-1-2-4-15(12)19/h1-8,11H,9-10H2,(H,21,23)(H,22,24). The van der Waals surface area contributed by atoms with Crippen molar-refractivity contribution in [3.05, 3.63) is 63.5 Å². The van der Waals surface area contributed by atoms with Gasteiger partial charge in [0.1, 0.15) is 5.82 Å².